The zero-order valence-corrected chi connectivity index (χ0v) is 7.73. The zero-order valence-electron chi connectivity index (χ0n) is 7.73. The fraction of sp³-hybridized carbons (Fsp3) is 0.400. The Bertz CT molecular complexity index is 281. The molecule has 1 fully saturated rings. The molecule has 1 aromatic carbocycles. The Morgan fingerprint density at radius 3 is 2.86 bits per heavy atom. The molecule has 4 heteroatoms. The zero-order chi connectivity index (χ0) is 9.80. The molecule has 0 aliphatic carbocycles. The predicted octanol–water partition coefficient (Wildman–Crippen LogP) is 1.61. The van der Waals surface area contributed by atoms with Crippen molar-refractivity contribution in [1.29, 1.82) is 0 Å². The highest BCUT2D eigenvalue weighted by molar-refractivity contribution is 5.21. The van der Waals surface area contributed by atoms with Gasteiger partial charge < -0.3 is 9.47 Å². The van der Waals surface area contributed by atoms with E-state index in [1.54, 1.807) is 12.1 Å². The average Bonchev–Trinajstić information content (AvgIpc) is 2.23. The minimum Gasteiger partial charge on any atom is -0.470 e. The van der Waals surface area contributed by atoms with Crippen molar-refractivity contribution in [2.45, 2.75) is 6.23 Å². The Labute approximate surface area is 82.0 Å². The summed E-state index contributed by atoms with van der Waals surface area (Å²) in [5, 5.41) is 0.663. The highest BCUT2D eigenvalue weighted by Gasteiger charge is 2.24. The third-order valence-corrected chi connectivity index (χ3v) is 2.04. The van der Waals surface area contributed by atoms with Crippen molar-refractivity contribution in [1.82, 2.24) is 5.12 Å². The summed E-state index contributed by atoms with van der Waals surface area (Å²) >= 11 is 0. The molecular formula is C10H12FNO2. The second-order valence-electron chi connectivity index (χ2n) is 3.08. The van der Waals surface area contributed by atoms with Crippen LogP contribution in [0.2, 0.25) is 0 Å². The molecule has 1 unspecified atom stereocenters. The smallest absolute Gasteiger partial charge is 0.202 e. The summed E-state index contributed by atoms with van der Waals surface area (Å²) in [4.78, 5) is 0. The SMILES string of the molecule is FN1CCOCC1Oc1ccccc1. The van der Waals surface area contributed by atoms with Gasteiger partial charge in [0.1, 0.15) is 5.75 Å². The lowest BCUT2D eigenvalue weighted by atomic mass is 10.3. The number of rotatable bonds is 2. The lowest BCUT2D eigenvalue weighted by Gasteiger charge is -2.28. The van der Waals surface area contributed by atoms with Gasteiger partial charge in [0.25, 0.3) is 0 Å². The third-order valence-electron chi connectivity index (χ3n) is 2.04. The van der Waals surface area contributed by atoms with Crippen molar-refractivity contribution < 1.29 is 14.0 Å². The quantitative estimate of drug-likeness (QED) is 0.672. The van der Waals surface area contributed by atoms with E-state index in [2.05, 4.69) is 0 Å². The Kier molecular flexibility index (Phi) is 2.96. The largest absolute Gasteiger partial charge is 0.470 e. The maximum absolute atomic E-state index is 13.2. The summed E-state index contributed by atoms with van der Waals surface area (Å²) < 4.78 is 23.7. The molecule has 1 aromatic rings. The van der Waals surface area contributed by atoms with E-state index in [1.165, 1.54) is 0 Å². The van der Waals surface area contributed by atoms with E-state index in [0.29, 0.717) is 17.5 Å². The van der Waals surface area contributed by atoms with Gasteiger partial charge in [-0.1, -0.05) is 18.2 Å². The number of hydrogen-bond donors (Lipinski definition) is 0. The van der Waals surface area contributed by atoms with Crippen molar-refractivity contribution in [3.05, 3.63) is 30.3 Å². The highest BCUT2D eigenvalue weighted by atomic mass is 19.2. The molecule has 76 valence electrons. The highest BCUT2D eigenvalue weighted by Crippen LogP contribution is 2.15. The Morgan fingerprint density at radius 2 is 2.14 bits per heavy atom. The molecule has 1 heterocycles. The van der Waals surface area contributed by atoms with Gasteiger partial charge in [-0.25, -0.2) is 0 Å². The maximum atomic E-state index is 13.2. The normalized spacial score (nSPS) is 23.4. The molecular weight excluding hydrogens is 185 g/mol. The van der Waals surface area contributed by atoms with Gasteiger partial charge in [-0.05, 0) is 12.1 Å². The predicted molar refractivity (Wildman–Crippen MR) is 49.5 cm³/mol. The van der Waals surface area contributed by atoms with E-state index in [-0.39, 0.29) is 13.2 Å². The fourth-order valence-electron chi connectivity index (χ4n) is 1.31. The summed E-state index contributed by atoms with van der Waals surface area (Å²) in [6.07, 6.45) is -0.619. The van der Waals surface area contributed by atoms with E-state index in [1.807, 2.05) is 18.2 Å². The van der Waals surface area contributed by atoms with Crippen LogP contribution in [-0.4, -0.2) is 31.1 Å². The van der Waals surface area contributed by atoms with Crippen LogP contribution in [0.15, 0.2) is 30.3 Å². The van der Waals surface area contributed by atoms with E-state index in [9.17, 15) is 4.48 Å². The van der Waals surface area contributed by atoms with Gasteiger partial charge >= 0.3 is 0 Å². The van der Waals surface area contributed by atoms with Gasteiger partial charge in [0.2, 0.25) is 6.23 Å². The first-order valence-electron chi connectivity index (χ1n) is 4.58. The second-order valence-corrected chi connectivity index (χ2v) is 3.08. The molecule has 0 aromatic heterocycles. The first kappa shape index (κ1) is 9.43. The number of benzene rings is 1. The van der Waals surface area contributed by atoms with Crippen molar-refractivity contribution in [3.8, 4) is 5.75 Å². The van der Waals surface area contributed by atoms with Crippen LogP contribution < -0.4 is 4.74 Å². The molecule has 1 aliphatic rings. The minimum atomic E-state index is -0.619. The van der Waals surface area contributed by atoms with Crippen LogP contribution in [0.1, 0.15) is 0 Å². The number of halogens is 1. The third kappa shape index (κ3) is 2.21. The summed E-state index contributed by atoms with van der Waals surface area (Å²) in [6, 6.07) is 9.17. The van der Waals surface area contributed by atoms with Gasteiger partial charge in [-0.3, -0.25) is 0 Å². The van der Waals surface area contributed by atoms with Gasteiger partial charge in [-0.2, -0.15) is 0 Å². The van der Waals surface area contributed by atoms with Crippen LogP contribution in [0.3, 0.4) is 0 Å². The van der Waals surface area contributed by atoms with Crippen LogP contribution in [0.4, 0.5) is 4.48 Å². The fourth-order valence-corrected chi connectivity index (χ4v) is 1.31. The molecule has 0 spiro atoms. The van der Waals surface area contributed by atoms with Crippen LogP contribution in [0.25, 0.3) is 0 Å². The number of nitrogens with zero attached hydrogens (tertiary/aromatic N) is 1. The standard InChI is InChI=1S/C10H12FNO2/c11-12-6-7-13-8-10(12)14-9-4-2-1-3-5-9/h1-5,10H,6-8H2. The Hall–Kier alpha value is -1.13. The second kappa shape index (κ2) is 4.39. The monoisotopic (exact) mass is 197 g/mol. The first-order valence-corrected chi connectivity index (χ1v) is 4.58. The van der Waals surface area contributed by atoms with E-state index in [4.69, 9.17) is 9.47 Å². The van der Waals surface area contributed by atoms with Crippen LogP contribution in [0.5, 0.6) is 5.75 Å². The molecule has 3 nitrogen and oxygen atoms in total. The lowest BCUT2D eigenvalue weighted by Crippen LogP contribution is -2.43. The van der Waals surface area contributed by atoms with Gasteiger partial charge in [0, 0.05) is 0 Å². The first-order chi connectivity index (χ1) is 6.86. The molecule has 2 rings (SSSR count). The number of hydrogen-bond acceptors (Lipinski definition) is 3. The molecule has 0 radical (unpaired) electrons. The van der Waals surface area contributed by atoms with Crippen LogP contribution in [-0.2, 0) is 4.74 Å². The van der Waals surface area contributed by atoms with Crippen molar-refractivity contribution in [2.24, 2.45) is 0 Å². The molecule has 1 saturated heterocycles. The van der Waals surface area contributed by atoms with E-state index < -0.39 is 6.23 Å². The molecule has 1 atom stereocenters. The van der Waals surface area contributed by atoms with Crippen LogP contribution in [0, 0.1) is 0 Å². The van der Waals surface area contributed by atoms with Crippen molar-refractivity contribution in [2.75, 3.05) is 19.8 Å². The van der Waals surface area contributed by atoms with Crippen LogP contribution >= 0.6 is 0 Å². The topological polar surface area (TPSA) is 21.7 Å². The Balaban J connectivity index is 1.96. The van der Waals surface area contributed by atoms with Crippen molar-refractivity contribution >= 4 is 0 Å². The lowest BCUT2D eigenvalue weighted by molar-refractivity contribution is -0.177. The minimum absolute atomic E-state index is 0.261. The summed E-state index contributed by atoms with van der Waals surface area (Å²) in [6.45, 7) is 0.952. The molecule has 1 aliphatic heterocycles. The number of ether oxygens (including phenoxy) is 2. The van der Waals surface area contributed by atoms with Gasteiger partial charge in [0.15, 0.2) is 0 Å². The summed E-state index contributed by atoms with van der Waals surface area (Å²) in [7, 11) is 0. The molecule has 14 heavy (non-hydrogen) atoms. The molecule has 0 amide bonds. The van der Waals surface area contributed by atoms with E-state index >= 15 is 0 Å². The Morgan fingerprint density at radius 1 is 1.36 bits per heavy atom. The van der Waals surface area contributed by atoms with Crippen molar-refractivity contribution in [3.63, 3.8) is 0 Å². The summed E-state index contributed by atoms with van der Waals surface area (Å²) in [5.41, 5.74) is 0. The average molecular weight is 197 g/mol. The maximum Gasteiger partial charge on any atom is 0.202 e. The molecule has 0 bridgehead atoms. The molecule has 0 N–H and O–H groups in total. The van der Waals surface area contributed by atoms with Gasteiger partial charge in [0.05, 0.1) is 19.8 Å². The number of para-hydroxylation sites is 1. The summed E-state index contributed by atoms with van der Waals surface area (Å²) in [5.74, 6) is 0.658. The molecule has 0 saturated carbocycles. The van der Waals surface area contributed by atoms with E-state index in [0.717, 1.165) is 0 Å². The number of morpholine rings is 1. The van der Waals surface area contributed by atoms with Gasteiger partial charge in [-0.15, -0.1) is 9.60 Å².